The van der Waals surface area contributed by atoms with Crippen LogP contribution in [0.25, 0.3) is 0 Å². The average Bonchev–Trinajstić information content (AvgIpc) is 3.23. The molecule has 1 saturated carbocycles. The Balaban J connectivity index is 1.88. The van der Waals surface area contributed by atoms with Gasteiger partial charge in [0, 0.05) is 43.9 Å². The fraction of sp³-hybridized carbons (Fsp3) is 0.692. The third kappa shape index (κ3) is 2.41. The lowest BCUT2D eigenvalue weighted by molar-refractivity contribution is 0.583. The van der Waals surface area contributed by atoms with Gasteiger partial charge in [0.2, 0.25) is 0 Å². The second kappa shape index (κ2) is 4.61. The van der Waals surface area contributed by atoms with Crippen molar-refractivity contribution >= 4 is 5.82 Å². The topological polar surface area (TPSA) is 41.0 Å². The van der Waals surface area contributed by atoms with Crippen LogP contribution < -0.4 is 10.2 Å². The highest BCUT2D eigenvalue weighted by Gasteiger charge is 2.27. The molecule has 0 bridgehead atoms. The van der Waals surface area contributed by atoms with Gasteiger partial charge in [-0.05, 0) is 19.3 Å². The van der Waals surface area contributed by atoms with Crippen LogP contribution in [-0.4, -0.2) is 36.1 Å². The maximum atomic E-state index is 4.75. The first-order chi connectivity index (χ1) is 8.36. The molecule has 1 aliphatic heterocycles. The van der Waals surface area contributed by atoms with Crippen LogP contribution >= 0.6 is 0 Å². The Labute approximate surface area is 102 Å². The number of hydrogen-bond donors (Lipinski definition) is 1. The largest absolute Gasteiger partial charge is 0.354 e. The van der Waals surface area contributed by atoms with Crippen molar-refractivity contribution in [2.75, 3.05) is 31.1 Å². The molecule has 1 N–H and O–H groups in total. The van der Waals surface area contributed by atoms with E-state index in [9.17, 15) is 0 Å². The van der Waals surface area contributed by atoms with E-state index in [1.165, 1.54) is 18.5 Å². The molecule has 1 aliphatic carbocycles. The van der Waals surface area contributed by atoms with Crippen LogP contribution in [0, 0.1) is 0 Å². The summed E-state index contributed by atoms with van der Waals surface area (Å²) in [6.07, 6.45) is 3.55. The Hall–Kier alpha value is -1.16. The van der Waals surface area contributed by atoms with Gasteiger partial charge in [-0.15, -0.1) is 0 Å². The van der Waals surface area contributed by atoms with E-state index in [1.54, 1.807) is 0 Å². The van der Waals surface area contributed by atoms with Crippen LogP contribution in [0.5, 0.6) is 0 Å². The summed E-state index contributed by atoms with van der Waals surface area (Å²) in [7, 11) is 0. The number of aromatic nitrogens is 2. The molecular formula is C13H20N4. The van der Waals surface area contributed by atoms with Gasteiger partial charge in [0.05, 0.1) is 0 Å². The molecule has 2 heterocycles. The quantitative estimate of drug-likeness (QED) is 0.853. The van der Waals surface area contributed by atoms with Crippen LogP contribution in [0.1, 0.15) is 37.2 Å². The van der Waals surface area contributed by atoms with Crippen molar-refractivity contribution in [3.63, 3.8) is 0 Å². The number of rotatable bonds is 3. The molecule has 0 unspecified atom stereocenters. The minimum Gasteiger partial charge on any atom is -0.354 e. The van der Waals surface area contributed by atoms with Crippen molar-refractivity contribution in [2.24, 2.45) is 0 Å². The maximum Gasteiger partial charge on any atom is 0.134 e. The normalized spacial score (nSPS) is 20.6. The monoisotopic (exact) mass is 232 g/mol. The summed E-state index contributed by atoms with van der Waals surface area (Å²) in [6, 6.07) is 2.16. The molecule has 1 aromatic heterocycles. The third-order valence-electron chi connectivity index (χ3n) is 3.53. The average molecular weight is 232 g/mol. The van der Waals surface area contributed by atoms with Crippen molar-refractivity contribution in [1.29, 1.82) is 0 Å². The van der Waals surface area contributed by atoms with E-state index in [-0.39, 0.29) is 0 Å². The number of nitrogens with zero attached hydrogens (tertiary/aromatic N) is 3. The zero-order valence-electron chi connectivity index (χ0n) is 10.4. The highest BCUT2D eigenvalue weighted by Crippen LogP contribution is 2.38. The molecule has 3 rings (SSSR count). The van der Waals surface area contributed by atoms with Gasteiger partial charge in [-0.2, -0.15) is 0 Å². The molecule has 0 aromatic carbocycles. The van der Waals surface area contributed by atoms with Gasteiger partial charge in [0.15, 0.2) is 0 Å². The maximum absolute atomic E-state index is 4.75. The van der Waals surface area contributed by atoms with Gasteiger partial charge in [-0.1, -0.05) is 6.92 Å². The second-order valence-corrected chi connectivity index (χ2v) is 4.94. The minimum atomic E-state index is 0.642. The van der Waals surface area contributed by atoms with E-state index < -0.39 is 0 Å². The van der Waals surface area contributed by atoms with Crippen molar-refractivity contribution < 1.29 is 0 Å². The summed E-state index contributed by atoms with van der Waals surface area (Å²) >= 11 is 0. The van der Waals surface area contributed by atoms with E-state index in [1.807, 2.05) is 0 Å². The molecule has 0 amide bonds. The molecule has 2 aliphatic rings. The van der Waals surface area contributed by atoms with E-state index in [0.717, 1.165) is 44.2 Å². The van der Waals surface area contributed by atoms with Crippen molar-refractivity contribution in [3.8, 4) is 0 Å². The Bertz CT molecular complexity index is 394. The Morgan fingerprint density at radius 1 is 1.29 bits per heavy atom. The van der Waals surface area contributed by atoms with Gasteiger partial charge in [0.25, 0.3) is 0 Å². The molecule has 1 aromatic rings. The summed E-state index contributed by atoms with van der Waals surface area (Å²) in [4.78, 5) is 11.8. The van der Waals surface area contributed by atoms with Gasteiger partial charge in [-0.25, -0.2) is 9.97 Å². The van der Waals surface area contributed by atoms with Gasteiger partial charge in [-0.3, -0.25) is 0 Å². The van der Waals surface area contributed by atoms with E-state index in [0.29, 0.717) is 5.92 Å². The molecule has 92 valence electrons. The first kappa shape index (κ1) is 11.0. The van der Waals surface area contributed by atoms with Crippen LogP contribution in [0.15, 0.2) is 6.07 Å². The van der Waals surface area contributed by atoms with Gasteiger partial charge >= 0.3 is 0 Å². The number of hydrogen-bond acceptors (Lipinski definition) is 4. The van der Waals surface area contributed by atoms with Gasteiger partial charge in [0.1, 0.15) is 11.6 Å². The molecule has 4 heteroatoms. The Morgan fingerprint density at radius 2 is 2.06 bits per heavy atom. The number of anilines is 1. The highest BCUT2D eigenvalue weighted by molar-refractivity contribution is 5.41. The van der Waals surface area contributed by atoms with Crippen molar-refractivity contribution in [1.82, 2.24) is 15.3 Å². The Morgan fingerprint density at radius 3 is 2.71 bits per heavy atom. The van der Waals surface area contributed by atoms with E-state index in [4.69, 9.17) is 4.98 Å². The summed E-state index contributed by atoms with van der Waals surface area (Å²) in [5.41, 5.74) is 1.19. The lowest BCUT2D eigenvalue weighted by Gasteiger charge is -2.28. The third-order valence-corrected chi connectivity index (χ3v) is 3.53. The number of piperazine rings is 1. The van der Waals surface area contributed by atoms with E-state index >= 15 is 0 Å². The molecule has 0 radical (unpaired) electrons. The molecular weight excluding hydrogens is 212 g/mol. The zero-order valence-corrected chi connectivity index (χ0v) is 10.4. The highest BCUT2D eigenvalue weighted by atomic mass is 15.2. The standard InChI is InChI=1S/C13H20N4/c1-2-11-9-12(17-7-5-14-6-8-17)16-13(15-11)10-3-4-10/h9-10,14H,2-8H2,1H3. The predicted molar refractivity (Wildman–Crippen MR) is 68.5 cm³/mol. The SMILES string of the molecule is CCc1cc(N2CCNCC2)nc(C2CC2)n1. The molecule has 0 spiro atoms. The lowest BCUT2D eigenvalue weighted by atomic mass is 10.2. The van der Waals surface area contributed by atoms with Crippen LogP contribution in [0.2, 0.25) is 0 Å². The molecule has 4 nitrogen and oxygen atoms in total. The summed E-state index contributed by atoms with van der Waals surface area (Å²) in [5.74, 6) is 2.86. The van der Waals surface area contributed by atoms with Gasteiger partial charge < -0.3 is 10.2 Å². The van der Waals surface area contributed by atoms with Crippen LogP contribution in [0.4, 0.5) is 5.82 Å². The smallest absolute Gasteiger partial charge is 0.134 e. The molecule has 2 fully saturated rings. The lowest BCUT2D eigenvalue weighted by Crippen LogP contribution is -2.44. The minimum absolute atomic E-state index is 0.642. The zero-order chi connectivity index (χ0) is 11.7. The van der Waals surface area contributed by atoms with Crippen molar-refractivity contribution in [2.45, 2.75) is 32.1 Å². The summed E-state index contributed by atoms with van der Waals surface area (Å²) in [6.45, 7) is 6.41. The summed E-state index contributed by atoms with van der Waals surface area (Å²) in [5, 5.41) is 3.38. The van der Waals surface area contributed by atoms with E-state index in [2.05, 4.69) is 28.2 Å². The second-order valence-electron chi connectivity index (χ2n) is 4.94. The molecule has 0 atom stereocenters. The first-order valence-electron chi connectivity index (χ1n) is 6.70. The van der Waals surface area contributed by atoms with Crippen LogP contribution in [-0.2, 0) is 6.42 Å². The fourth-order valence-corrected chi connectivity index (χ4v) is 2.26. The molecule has 17 heavy (non-hydrogen) atoms. The predicted octanol–water partition coefficient (Wildman–Crippen LogP) is 1.33. The number of aryl methyl sites for hydroxylation is 1. The Kier molecular flexibility index (Phi) is 2.97. The number of nitrogens with one attached hydrogen (secondary N) is 1. The van der Waals surface area contributed by atoms with Crippen molar-refractivity contribution in [3.05, 3.63) is 17.6 Å². The first-order valence-corrected chi connectivity index (χ1v) is 6.70. The summed E-state index contributed by atoms with van der Waals surface area (Å²) < 4.78 is 0. The van der Waals surface area contributed by atoms with Crippen LogP contribution in [0.3, 0.4) is 0 Å². The molecule has 1 saturated heterocycles. The fourth-order valence-electron chi connectivity index (χ4n) is 2.26.